The van der Waals surface area contributed by atoms with Gasteiger partial charge in [-0.15, -0.1) is 0 Å². The van der Waals surface area contributed by atoms with Gasteiger partial charge in [-0.3, -0.25) is 4.79 Å². The first-order chi connectivity index (χ1) is 10.1. The summed E-state index contributed by atoms with van der Waals surface area (Å²) in [5, 5.41) is 3.21. The highest BCUT2D eigenvalue weighted by Crippen LogP contribution is 2.24. The van der Waals surface area contributed by atoms with Crippen LogP contribution in [0.1, 0.15) is 43.2 Å². The molecule has 3 heteroatoms. The lowest BCUT2D eigenvalue weighted by Crippen LogP contribution is -2.41. The normalized spacial score (nSPS) is 17.8. The summed E-state index contributed by atoms with van der Waals surface area (Å²) in [5.41, 5.74) is 2.36. The summed E-state index contributed by atoms with van der Waals surface area (Å²) >= 11 is 0. The fourth-order valence-electron chi connectivity index (χ4n) is 3.15. The molecular weight excluding hydrogens is 260 g/mol. The molecule has 1 atom stereocenters. The molecule has 0 aliphatic carbocycles. The molecule has 0 spiro atoms. The Morgan fingerprint density at radius 3 is 2.71 bits per heavy atom. The summed E-state index contributed by atoms with van der Waals surface area (Å²) in [5.74, 6) is 1.03. The van der Waals surface area contributed by atoms with Crippen molar-refractivity contribution in [3.8, 4) is 0 Å². The van der Waals surface area contributed by atoms with Crippen molar-refractivity contribution in [2.24, 2.45) is 5.92 Å². The quantitative estimate of drug-likeness (QED) is 0.903. The number of hydrogen-bond donors (Lipinski definition) is 1. The van der Waals surface area contributed by atoms with E-state index in [0.29, 0.717) is 0 Å². The monoisotopic (exact) mass is 288 g/mol. The van der Waals surface area contributed by atoms with Crippen LogP contribution in [0, 0.1) is 12.8 Å². The first-order valence-corrected chi connectivity index (χ1v) is 8.11. The smallest absolute Gasteiger partial charge is 0.229 e. The molecule has 21 heavy (non-hydrogen) atoms. The van der Waals surface area contributed by atoms with E-state index in [1.807, 2.05) is 20.0 Å². The number of hydrogen-bond acceptors (Lipinski definition) is 2. The number of nitrogens with one attached hydrogen (secondary N) is 1. The SMILES string of the molecule is CNCCC1CCN(C(=O)C(C)c2cccc(C)c2)CC1. The Morgan fingerprint density at radius 1 is 1.38 bits per heavy atom. The van der Waals surface area contributed by atoms with Gasteiger partial charge in [-0.1, -0.05) is 29.8 Å². The van der Waals surface area contributed by atoms with Crippen molar-refractivity contribution in [3.05, 3.63) is 35.4 Å². The fraction of sp³-hybridized carbons (Fsp3) is 0.611. The van der Waals surface area contributed by atoms with Crippen LogP contribution in [0.25, 0.3) is 0 Å². The minimum Gasteiger partial charge on any atom is -0.342 e. The molecule has 1 aromatic carbocycles. The van der Waals surface area contributed by atoms with Crippen LogP contribution in [0.5, 0.6) is 0 Å². The topological polar surface area (TPSA) is 32.3 Å². The molecule has 0 saturated carbocycles. The van der Waals surface area contributed by atoms with Crippen molar-refractivity contribution in [2.45, 2.75) is 39.0 Å². The molecule has 1 aliphatic rings. The number of likely N-dealkylation sites (tertiary alicyclic amines) is 1. The van der Waals surface area contributed by atoms with E-state index in [1.54, 1.807) is 0 Å². The van der Waals surface area contributed by atoms with Crippen molar-refractivity contribution in [1.82, 2.24) is 10.2 Å². The lowest BCUT2D eigenvalue weighted by Gasteiger charge is -2.33. The lowest BCUT2D eigenvalue weighted by molar-refractivity contribution is -0.133. The molecule has 1 aromatic rings. The number of nitrogens with zero attached hydrogens (tertiary/aromatic N) is 1. The Balaban J connectivity index is 1.89. The molecule has 3 nitrogen and oxygen atoms in total. The zero-order valence-corrected chi connectivity index (χ0v) is 13.6. The molecule has 2 rings (SSSR count). The number of benzene rings is 1. The predicted molar refractivity (Wildman–Crippen MR) is 87.4 cm³/mol. The standard InChI is InChI=1S/C18H28N2O/c1-14-5-4-6-17(13-14)15(2)18(21)20-11-8-16(9-12-20)7-10-19-3/h4-6,13,15-16,19H,7-12H2,1-3H3. The van der Waals surface area contributed by atoms with Gasteiger partial charge in [0.25, 0.3) is 0 Å². The Kier molecular flexibility index (Phi) is 5.80. The van der Waals surface area contributed by atoms with E-state index >= 15 is 0 Å². The second kappa shape index (κ2) is 7.60. The molecule has 0 aromatic heterocycles. The predicted octanol–water partition coefficient (Wildman–Crippen LogP) is 2.95. The zero-order valence-electron chi connectivity index (χ0n) is 13.6. The van der Waals surface area contributed by atoms with E-state index in [-0.39, 0.29) is 11.8 Å². The fourth-order valence-corrected chi connectivity index (χ4v) is 3.15. The van der Waals surface area contributed by atoms with Crippen LogP contribution < -0.4 is 5.32 Å². The molecule has 1 N–H and O–H groups in total. The number of carbonyl (C=O) groups excluding carboxylic acids is 1. The number of carbonyl (C=O) groups is 1. The van der Waals surface area contributed by atoms with E-state index in [1.165, 1.54) is 12.0 Å². The van der Waals surface area contributed by atoms with Gasteiger partial charge in [0.2, 0.25) is 5.91 Å². The maximum atomic E-state index is 12.6. The van der Waals surface area contributed by atoms with Gasteiger partial charge >= 0.3 is 0 Å². The molecule has 1 amide bonds. The van der Waals surface area contributed by atoms with Gasteiger partial charge < -0.3 is 10.2 Å². The second-order valence-corrected chi connectivity index (χ2v) is 6.30. The number of piperidine rings is 1. The Hall–Kier alpha value is -1.35. The van der Waals surface area contributed by atoms with Crippen LogP contribution in [0.3, 0.4) is 0 Å². The van der Waals surface area contributed by atoms with E-state index in [2.05, 4.69) is 35.3 Å². The molecule has 1 saturated heterocycles. The third-order valence-corrected chi connectivity index (χ3v) is 4.64. The summed E-state index contributed by atoms with van der Waals surface area (Å²) in [6.07, 6.45) is 3.52. The maximum Gasteiger partial charge on any atom is 0.229 e. The minimum absolute atomic E-state index is 0.0289. The van der Waals surface area contributed by atoms with Gasteiger partial charge in [-0.25, -0.2) is 0 Å². The highest BCUT2D eigenvalue weighted by molar-refractivity contribution is 5.83. The van der Waals surface area contributed by atoms with Crippen LogP contribution >= 0.6 is 0 Å². The van der Waals surface area contributed by atoms with Crippen LogP contribution in [-0.2, 0) is 4.79 Å². The average Bonchev–Trinajstić information content (AvgIpc) is 2.52. The molecule has 116 valence electrons. The van der Waals surface area contributed by atoms with E-state index < -0.39 is 0 Å². The van der Waals surface area contributed by atoms with E-state index in [0.717, 1.165) is 44.0 Å². The molecule has 0 bridgehead atoms. The largest absolute Gasteiger partial charge is 0.342 e. The van der Waals surface area contributed by atoms with E-state index in [4.69, 9.17) is 0 Å². The summed E-state index contributed by atoms with van der Waals surface area (Å²) in [4.78, 5) is 14.7. The van der Waals surface area contributed by atoms with Gasteiger partial charge in [0, 0.05) is 13.1 Å². The molecule has 1 unspecified atom stereocenters. The minimum atomic E-state index is -0.0289. The van der Waals surface area contributed by atoms with Gasteiger partial charge in [-0.05, 0) is 58.2 Å². The molecule has 0 radical (unpaired) electrons. The number of rotatable bonds is 5. The van der Waals surface area contributed by atoms with Crippen LogP contribution in [-0.4, -0.2) is 37.5 Å². The highest BCUT2D eigenvalue weighted by atomic mass is 16.2. The highest BCUT2D eigenvalue weighted by Gasteiger charge is 2.26. The molecule has 1 aliphatic heterocycles. The molecular formula is C18H28N2O. The Morgan fingerprint density at radius 2 is 2.10 bits per heavy atom. The molecule has 1 fully saturated rings. The molecule has 1 heterocycles. The third-order valence-electron chi connectivity index (χ3n) is 4.64. The van der Waals surface area contributed by atoms with Crippen molar-refractivity contribution in [1.29, 1.82) is 0 Å². The first-order valence-electron chi connectivity index (χ1n) is 8.11. The number of aryl methyl sites for hydroxylation is 1. The van der Waals surface area contributed by atoms with Crippen LogP contribution in [0.4, 0.5) is 0 Å². The number of amides is 1. The van der Waals surface area contributed by atoms with Crippen molar-refractivity contribution >= 4 is 5.91 Å². The summed E-state index contributed by atoms with van der Waals surface area (Å²) in [6, 6.07) is 8.31. The van der Waals surface area contributed by atoms with E-state index in [9.17, 15) is 4.79 Å². The lowest BCUT2D eigenvalue weighted by atomic mass is 9.91. The van der Waals surface area contributed by atoms with Crippen LogP contribution in [0.2, 0.25) is 0 Å². The Labute approximate surface area is 128 Å². The van der Waals surface area contributed by atoms with Gasteiger partial charge in [0.15, 0.2) is 0 Å². The second-order valence-electron chi connectivity index (χ2n) is 6.30. The Bertz CT molecular complexity index is 464. The summed E-state index contributed by atoms with van der Waals surface area (Å²) in [7, 11) is 2.00. The van der Waals surface area contributed by atoms with Gasteiger partial charge in [-0.2, -0.15) is 0 Å². The third kappa shape index (κ3) is 4.31. The maximum absolute atomic E-state index is 12.6. The summed E-state index contributed by atoms with van der Waals surface area (Å²) < 4.78 is 0. The van der Waals surface area contributed by atoms with Crippen molar-refractivity contribution in [2.75, 3.05) is 26.7 Å². The first kappa shape index (κ1) is 16.0. The summed E-state index contributed by atoms with van der Waals surface area (Å²) in [6.45, 7) is 7.03. The van der Waals surface area contributed by atoms with Crippen molar-refractivity contribution < 1.29 is 4.79 Å². The average molecular weight is 288 g/mol. The zero-order chi connectivity index (χ0) is 15.2. The van der Waals surface area contributed by atoms with Crippen LogP contribution in [0.15, 0.2) is 24.3 Å². The van der Waals surface area contributed by atoms with Gasteiger partial charge in [0.05, 0.1) is 5.92 Å². The van der Waals surface area contributed by atoms with Gasteiger partial charge in [0.1, 0.15) is 0 Å². The van der Waals surface area contributed by atoms with Crippen molar-refractivity contribution in [3.63, 3.8) is 0 Å².